The molecule has 23 heavy (non-hydrogen) atoms. The number of rotatable bonds is 7. The summed E-state index contributed by atoms with van der Waals surface area (Å²) in [5, 5.41) is 9.80. The Hall–Kier alpha value is -1.35. The van der Waals surface area contributed by atoms with E-state index in [0.717, 1.165) is 44.2 Å². The fourth-order valence-corrected chi connectivity index (χ4v) is 3.27. The number of carbonyl (C=O) groups excluding carboxylic acids is 1. The van der Waals surface area contributed by atoms with Crippen molar-refractivity contribution in [2.24, 2.45) is 0 Å². The van der Waals surface area contributed by atoms with Gasteiger partial charge in [0.2, 0.25) is 0 Å². The van der Waals surface area contributed by atoms with E-state index in [0.29, 0.717) is 6.04 Å². The Morgan fingerprint density at radius 1 is 1.30 bits per heavy atom. The number of unbranched alkanes of at least 4 members (excludes halogenated alkanes) is 1. The van der Waals surface area contributed by atoms with Crippen molar-refractivity contribution in [3.05, 3.63) is 35.4 Å². The normalized spacial score (nSPS) is 18.4. The van der Waals surface area contributed by atoms with Gasteiger partial charge in [-0.3, -0.25) is 4.79 Å². The molecule has 3 heteroatoms. The lowest BCUT2D eigenvalue weighted by atomic mass is 9.98. The van der Waals surface area contributed by atoms with Crippen LogP contribution in [0.4, 0.5) is 0 Å². The van der Waals surface area contributed by atoms with Crippen LogP contribution in [0, 0.1) is 0 Å². The van der Waals surface area contributed by atoms with E-state index in [4.69, 9.17) is 0 Å². The number of hydrogen-bond donors (Lipinski definition) is 1. The summed E-state index contributed by atoms with van der Waals surface area (Å²) in [5.41, 5.74) is 1.32. The molecule has 1 aromatic carbocycles. The molecule has 2 rings (SSSR count). The van der Waals surface area contributed by atoms with Crippen LogP contribution >= 0.6 is 0 Å². The predicted octanol–water partition coefficient (Wildman–Crippen LogP) is 4.18. The van der Waals surface area contributed by atoms with E-state index in [9.17, 15) is 9.90 Å². The van der Waals surface area contributed by atoms with Crippen molar-refractivity contribution in [3.8, 4) is 0 Å². The minimum absolute atomic E-state index is 0.178. The Morgan fingerprint density at radius 2 is 2.00 bits per heavy atom. The molecule has 1 aliphatic heterocycles. The zero-order valence-electron chi connectivity index (χ0n) is 14.8. The van der Waals surface area contributed by atoms with E-state index < -0.39 is 5.60 Å². The summed E-state index contributed by atoms with van der Waals surface area (Å²) in [6.07, 6.45) is 7.36. The van der Waals surface area contributed by atoms with Crippen molar-refractivity contribution >= 4 is 5.91 Å². The van der Waals surface area contributed by atoms with Crippen LogP contribution in [-0.2, 0) is 6.42 Å². The first-order valence-electron chi connectivity index (χ1n) is 9.03. The van der Waals surface area contributed by atoms with Crippen molar-refractivity contribution in [3.63, 3.8) is 0 Å². The molecular weight excluding hydrogens is 286 g/mol. The first kappa shape index (κ1) is 18.0. The largest absolute Gasteiger partial charge is 0.390 e. The van der Waals surface area contributed by atoms with Crippen LogP contribution in [0.2, 0.25) is 0 Å². The molecule has 0 unspecified atom stereocenters. The fraction of sp³-hybridized carbons (Fsp3) is 0.650. The van der Waals surface area contributed by atoms with Gasteiger partial charge in [-0.15, -0.1) is 0 Å². The fourth-order valence-electron chi connectivity index (χ4n) is 3.27. The van der Waals surface area contributed by atoms with Gasteiger partial charge in [0.1, 0.15) is 0 Å². The van der Waals surface area contributed by atoms with Gasteiger partial charge < -0.3 is 10.0 Å². The molecule has 128 valence electrons. The van der Waals surface area contributed by atoms with Crippen LogP contribution in [0.15, 0.2) is 24.3 Å². The van der Waals surface area contributed by atoms with Crippen LogP contribution in [0.3, 0.4) is 0 Å². The van der Waals surface area contributed by atoms with Gasteiger partial charge in [-0.1, -0.05) is 31.9 Å². The molecule has 0 aromatic heterocycles. The summed E-state index contributed by atoms with van der Waals surface area (Å²) < 4.78 is 0. The van der Waals surface area contributed by atoms with Crippen molar-refractivity contribution in [2.45, 2.75) is 77.4 Å². The van der Waals surface area contributed by atoms with Crippen molar-refractivity contribution < 1.29 is 9.90 Å². The molecule has 1 aromatic rings. The quantitative estimate of drug-likeness (QED) is 0.819. The van der Waals surface area contributed by atoms with Gasteiger partial charge in [0.15, 0.2) is 0 Å². The number of hydrogen-bond acceptors (Lipinski definition) is 2. The lowest BCUT2D eigenvalue weighted by Crippen LogP contribution is -2.35. The number of benzene rings is 1. The number of aryl methyl sites for hydroxylation is 1. The minimum atomic E-state index is -0.642. The summed E-state index contributed by atoms with van der Waals surface area (Å²) in [4.78, 5) is 14.8. The monoisotopic (exact) mass is 317 g/mol. The first-order valence-corrected chi connectivity index (χ1v) is 9.03. The number of nitrogens with zero attached hydrogens (tertiary/aromatic N) is 1. The zero-order valence-corrected chi connectivity index (χ0v) is 14.8. The van der Waals surface area contributed by atoms with Gasteiger partial charge in [-0.05, 0) is 63.6 Å². The van der Waals surface area contributed by atoms with E-state index >= 15 is 0 Å². The van der Waals surface area contributed by atoms with Crippen LogP contribution in [0.1, 0.15) is 75.2 Å². The summed E-state index contributed by atoms with van der Waals surface area (Å²) in [6.45, 7) is 6.75. The third-order valence-corrected chi connectivity index (χ3v) is 4.76. The highest BCUT2D eigenvalue weighted by molar-refractivity contribution is 5.94. The Balaban J connectivity index is 1.97. The Kier molecular flexibility index (Phi) is 6.23. The van der Waals surface area contributed by atoms with Crippen LogP contribution in [0.25, 0.3) is 0 Å². The number of amides is 1. The van der Waals surface area contributed by atoms with Gasteiger partial charge in [-0.2, -0.15) is 0 Å². The zero-order chi connectivity index (χ0) is 16.9. The van der Waals surface area contributed by atoms with Gasteiger partial charge in [-0.25, -0.2) is 0 Å². The molecule has 0 radical (unpaired) electrons. The van der Waals surface area contributed by atoms with Gasteiger partial charge in [0, 0.05) is 18.2 Å². The van der Waals surface area contributed by atoms with E-state index in [1.165, 1.54) is 18.4 Å². The maximum Gasteiger partial charge on any atom is 0.254 e. The number of carbonyl (C=O) groups is 1. The SMILES string of the molecule is CCCC[C@@H]1CCCN1C(=O)c1ccc(CCC(C)(C)O)cc1. The lowest BCUT2D eigenvalue weighted by molar-refractivity contribution is 0.0709. The average molecular weight is 317 g/mol. The highest BCUT2D eigenvalue weighted by atomic mass is 16.3. The molecule has 1 amide bonds. The molecule has 1 N–H and O–H groups in total. The van der Waals surface area contributed by atoms with E-state index in [2.05, 4.69) is 11.8 Å². The molecule has 1 aliphatic rings. The highest BCUT2D eigenvalue weighted by Crippen LogP contribution is 2.24. The average Bonchev–Trinajstić information content (AvgIpc) is 2.98. The highest BCUT2D eigenvalue weighted by Gasteiger charge is 2.28. The second-order valence-electron chi connectivity index (χ2n) is 7.45. The molecule has 1 atom stereocenters. The van der Waals surface area contributed by atoms with Crippen molar-refractivity contribution in [1.82, 2.24) is 4.90 Å². The molecule has 0 spiro atoms. The summed E-state index contributed by atoms with van der Waals surface area (Å²) >= 11 is 0. The van der Waals surface area contributed by atoms with Gasteiger partial charge >= 0.3 is 0 Å². The number of aliphatic hydroxyl groups is 1. The summed E-state index contributed by atoms with van der Waals surface area (Å²) in [5.74, 6) is 0.178. The predicted molar refractivity (Wildman–Crippen MR) is 94.6 cm³/mol. The van der Waals surface area contributed by atoms with Gasteiger partial charge in [0.25, 0.3) is 5.91 Å². The smallest absolute Gasteiger partial charge is 0.254 e. The Labute approximate surface area is 140 Å². The van der Waals surface area contributed by atoms with Crippen molar-refractivity contribution in [1.29, 1.82) is 0 Å². The standard InChI is InChI=1S/C20H31NO2/c1-4-5-7-18-8-6-15-21(18)19(22)17-11-9-16(10-12-17)13-14-20(2,3)23/h9-12,18,23H,4-8,13-15H2,1-3H3/t18-/m1/s1. The second-order valence-corrected chi connectivity index (χ2v) is 7.45. The van der Waals surface area contributed by atoms with E-state index in [1.54, 1.807) is 0 Å². The second kappa shape index (κ2) is 7.96. The van der Waals surface area contributed by atoms with E-state index in [1.807, 2.05) is 38.1 Å². The third-order valence-electron chi connectivity index (χ3n) is 4.76. The molecule has 0 bridgehead atoms. The van der Waals surface area contributed by atoms with Crippen LogP contribution in [0.5, 0.6) is 0 Å². The van der Waals surface area contributed by atoms with Crippen molar-refractivity contribution in [2.75, 3.05) is 6.54 Å². The third kappa shape index (κ3) is 5.35. The topological polar surface area (TPSA) is 40.5 Å². The molecule has 0 aliphatic carbocycles. The molecule has 1 fully saturated rings. The van der Waals surface area contributed by atoms with Gasteiger partial charge in [0.05, 0.1) is 5.60 Å². The first-order chi connectivity index (χ1) is 10.9. The van der Waals surface area contributed by atoms with E-state index in [-0.39, 0.29) is 5.91 Å². The maximum absolute atomic E-state index is 12.7. The summed E-state index contributed by atoms with van der Waals surface area (Å²) in [6, 6.07) is 8.36. The number of likely N-dealkylation sites (tertiary alicyclic amines) is 1. The van der Waals surface area contributed by atoms with Crippen LogP contribution < -0.4 is 0 Å². The Morgan fingerprint density at radius 3 is 2.61 bits per heavy atom. The maximum atomic E-state index is 12.7. The van der Waals surface area contributed by atoms with Crippen LogP contribution in [-0.4, -0.2) is 34.1 Å². The minimum Gasteiger partial charge on any atom is -0.390 e. The molecule has 0 saturated carbocycles. The Bertz CT molecular complexity index is 501. The lowest BCUT2D eigenvalue weighted by Gasteiger charge is -2.25. The molecule has 1 saturated heterocycles. The molecule has 3 nitrogen and oxygen atoms in total. The molecule has 1 heterocycles. The molecular formula is C20H31NO2. The summed E-state index contributed by atoms with van der Waals surface area (Å²) in [7, 11) is 0.